The highest BCUT2D eigenvalue weighted by Gasteiger charge is 2.04. The smallest absolute Gasteiger partial charge is 0.0885 e. The fraction of sp³-hybridized carbons (Fsp3) is 0.231. The molecule has 2 aromatic rings. The molecule has 1 aromatic heterocycles. The van der Waals surface area contributed by atoms with E-state index in [0.717, 1.165) is 11.3 Å². The molecule has 3 heteroatoms. The van der Waals surface area contributed by atoms with E-state index < -0.39 is 0 Å². The summed E-state index contributed by atoms with van der Waals surface area (Å²) in [4.78, 5) is 8.37. The lowest BCUT2D eigenvalue weighted by Crippen LogP contribution is -2.12. The van der Waals surface area contributed by atoms with E-state index in [1.165, 1.54) is 5.56 Å². The number of nitrogens with zero attached hydrogens (tertiary/aromatic N) is 2. The van der Waals surface area contributed by atoms with Gasteiger partial charge in [0.25, 0.3) is 0 Å². The van der Waals surface area contributed by atoms with E-state index in [4.69, 9.17) is 0 Å². The van der Waals surface area contributed by atoms with Crippen molar-refractivity contribution >= 4 is 0 Å². The zero-order valence-corrected chi connectivity index (χ0v) is 9.51. The molecule has 1 N–H and O–H groups in total. The van der Waals surface area contributed by atoms with Crippen LogP contribution in [0.25, 0.3) is 11.3 Å². The Balaban J connectivity index is 2.36. The predicted octanol–water partition coefficient (Wildman–Crippen LogP) is 2.42. The lowest BCUT2D eigenvalue weighted by atomic mass is 10.0. The third-order valence-electron chi connectivity index (χ3n) is 2.68. The Labute approximate surface area is 95.6 Å². The molecule has 0 aliphatic rings. The Morgan fingerprint density at radius 1 is 1.25 bits per heavy atom. The summed E-state index contributed by atoms with van der Waals surface area (Å²) in [6.07, 6.45) is 5.18. The van der Waals surface area contributed by atoms with Gasteiger partial charge in [-0.1, -0.05) is 18.2 Å². The summed E-state index contributed by atoms with van der Waals surface area (Å²) in [6.45, 7) is 2.13. The molecule has 0 amide bonds. The van der Waals surface area contributed by atoms with E-state index in [1.807, 2.05) is 13.1 Å². The van der Waals surface area contributed by atoms with E-state index in [2.05, 4.69) is 40.4 Å². The van der Waals surface area contributed by atoms with E-state index in [0.29, 0.717) is 6.04 Å². The number of rotatable bonds is 3. The van der Waals surface area contributed by atoms with Crippen LogP contribution in [0.3, 0.4) is 0 Å². The largest absolute Gasteiger partial charge is 0.313 e. The first-order valence-corrected chi connectivity index (χ1v) is 5.35. The number of nitrogens with one attached hydrogen (secondary N) is 1. The molecule has 0 radical (unpaired) electrons. The van der Waals surface area contributed by atoms with Gasteiger partial charge in [0.2, 0.25) is 0 Å². The van der Waals surface area contributed by atoms with Crippen LogP contribution in [0.2, 0.25) is 0 Å². The van der Waals surface area contributed by atoms with Crippen molar-refractivity contribution in [3.8, 4) is 11.3 Å². The first kappa shape index (κ1) is 10.8. The first-order chi connectivity index (χ1) is 7.81. The predicted molar refractivity (Wildman–Crippen MR) is 64.9 cm³/mol. The minimum absolute atomic E-state index is 0.344. The van der Waals surface area contributed by atoms with Gasteiger partial charge in [0.1, 0.15) is 0 Å². The highest BCUT2D eigenvalue weighted by molar-refractivity contribution is 5.58. The van der Waals surface area contributed by atoms with Gasteiger partial charge in [-0.2, -0.15) is 0 Å². The summed E-state index contributed by atoms with van der Waals surface area (Å²) in [5.74, 6) is 0. The van der Waals surface area contributed by atoms with Crippen LogP contribution in [0.15, 0.2) is 42.9 Å². The molecule has 2 rings (SSSR count). The lowest BCUT2D eigenvalue weighted by molar-refractivity contribution is 0.652. The second kappa shape index (κ2) is 4.86. The van der Waals surface area contributed by atoms with Gasteiger partial charge in [0, 0.05) is 24.0 Å². The van der Waals surface area contributed by atoms with Gasteiger partial charge in [-0.25, -0.2) is 0 Å². The molecule has 3 nitrogen and oxygen atoms in total. The van der Waals surface area contributed by atoms with Crippen LogP contribution >= 0.6 is 0 Å². The molecular weight excluding hydrogens is 198 g/mol. The maximum absolute atomic E-state index is 4.29. The Kier molecular flexibility index (Phi) is 3.27. The normalized spacial score (nSPS) is 12.4. The van der Waals surface area contributed by atoms with Gasteiger partial charge in [0.05, 0.1) is 11.9 Å². The van der Waals surface area contributed by atoms with Crippen molar-refractivity contribution in [1.82, 2.24) is 15.3 Å². The zero-order valence-electron chi connectivity index (χ0n) is 9.51. The summed E-state index contributed by atoms with van der Waals surface area (Å²) in [5.41, 5.74) is 3.27. The minimum atomic E-state index is 0.344. The minimum Gasteiger partial charge on any atom is -0.313 e. The van der Waals surface area contributed by atoms with Gasteiger partial charge in [-0.3, -0.25) is 9.97 Å². The fourth-order valence-corrected chi connectivity index (χ4v) is 1.58. The summed E-state index contributed by atoms with van der Waals surface area (Å²) in [5, 5.41) is 3.22. The fourth-order valence-electron chi connectivity index (χ4n) is 1.58. The third-order valence-corrected chi connectivity index (χ3v) is 2.68. The van der Waals surface area contributed by atoms with E-state index in [-0.39, 0.29) is 0 Å². The molecule has 1 aromatic carbocycles. The Morgan fingerprint density at radius 2 is 2.12 bits per heavy atom. The Morgan fingerprint density at radius 3 is 2.81 bits per heavy atom. The maximum Gasteiger partial charge on any atom is 0.0885 e. The lowest BCUT2D eigenvalue weighted by Gasteiger charge is -2.11. The average Bonchev–Trinajstić information content (AvgIpc) is 2.39. The number of benzene rings is 1. The van der Waals surface area contributed by atoms with Crippen LogP contribution in [0.4, 0.5) is 0 Å². The molecule has 1 unspecified atom stereocenters. The SMILES string of the molecule is CNC(C)c1cccc(-c2cnccn2)c1. The summed E-state index contributed by atoms with van der Waals surface area (Å²) < 4.78 is 0. The standard InChI is InChI=1S/C13H15N3/c1-10(14-2)11-4-3-5-12(8-11)13-9-15-6-7-16-13/h3-10,14H,1-2H3. The van der Waals surface area contributed by atoms with Gasteiger partial charge >= 0.3 is 0 Å². The van der Waals surface area contributed by atoms with Crippen LogP contribution in [0.5, 0.6) is 0 Å². The van der Waals surface area contributed by atoms with Crippen molar-refractivity contribution < 1.29 is 0 Å². The van der Waals surface area contributed by atoms with E-state index >= 15 is 0 Å². The summed E-state index contributed by atoms with van der Waals surface area (Å²) >= 11 is 0. The number of aromatic nitrogens is 2. The quantitative estimate of drug-likeness (QED) is 0.850. The number of hydrogen-bond donors (Lipinski definition) is 1. The molecule has 0 saturated carbocycles. The van der Waals surface area contributed by atoms with Gasteiger partial charge in [-0.05, 0) is 25.6 Å². The molecule has 0 fully saturated rings. The molecule has 82 valence electrons. The van der Waals surface area contributed by atoms with Crippen molar-refractivity contribution in [3.63, 3.8) is 0 Å². The van der Waals surface area contributed by atoms with Gasteiger partial charge < -0.3 is 5.32 Å². The third kappa shape index (κ3) is 2.25. The van der Waals surface area contributed by atoms with Crippen molar-refractivity contribution in [2.24, 2.45) is 0 Å². The molecule has 0 saturated heterocycles. The molecule has 0 aliphatic carbocycles. The van der Waals surface area contributed by atoms with Crippen LogP contribution in [-0.2, 0) is 0 Å². The topological polar surface area (TPSA) is 37.8 Å². The molecule has 16 heavy (non-hydrogen) atoms. The van der Waals surface area contributed by atoms with Gasteiger partial charge in [0.15, 0.2) is 0 Å². The summed E-state index contributed by atoms with van der Waals surface area (Å²) in [7, 11) is 1.96. The second-order valence-corrected chi connectivity index (χ2v) is 3.73. The Bertz CT molecular complexity index is 454. The van der Waals surface area contributed by atoms with Crippen LogP contribution < -0.4 is 5.32 Å². The molecule has 1 heterocycles. The first-order valence-electron chi connectivity index (χ1n) is 5.35. The monoisotopic (exact) mass is 213 g/mol. The van der Waals surface area contributed by atoms with Crippen LogP contribution in [0.1, 0.15) is 18.5 Å². The summed E-state index contributed by atoms with van der Waals surface area (Å²) in [6, 6.07) is 8.70. The van der Waals surface area contributed by atoms with Crippen molar-refractivity contribution in [1.29, 1.82) is 0 Å². The van der Waals surface area contributed by atoms with Crippen LogP contribution in [0, 0.1) is 0 Å². The molecular formula is C13H15N3. The maximum atomic E-state index is 4.29. The van der Waals surface area contributed by atoms with Crippen molar-refractivity contribution in [3.05, 3.63) is 48.4 Å². The van der Waals surface area contributed by atoms with E-state index in [9.17, 15) is 0 Å². The second-order valence-electron chi connectivity index (χ2n) is 3.73. The number of hydrogen-bond acceptors (Lipinski definition) is 3. The van der Waals surface area contributed by atoms with Gasteiger partial charge in [-0.15, -0.1) is 0 Å². The molecule has 0 aliphatic heterocycles. The highest BCUT2D eigenvalue weighted by atomic mass is 14.9. The Hall–Kier alpha value is -1.74. The van der Waals surface area contributed by atoms with Crippen molar-refractivity contribution in [2.75, 3.05) is 7.05 Å². The zero-order chi connectivity index (χ0) is 11.4. The molecule has 1 atom stereocenters. The van der Waals surface area contributed by atoms with E-state index in [1.54, 1.807) is 18.6 Å². The molecule has 0 spiro atoms. The van der Waals surface area contributed by atoms with Crippen molar-refractivity contribution in [2.45, 2.75) is 13.0 Å². The van der Waals surface area contributed by atoms with Crippen LogP contribution in [-0.4, -0.2) is 17.0 Å². The highest BCUT2D eigenvalue weighted by Crippen LogP contribution is 2.20. The molecule has 0 bridgehead atoms. The average molecular weight is 213 g/mol.